The largest absolute Gasteiger partial charge is 0.416 e. The van der Waals surface area contributed by atoms with E-state index < -0.39 is 11.7 Å². The zero-order valence-corrected chi connectivity index (χ0v) is 12.8. The van der Waals surface area contributed by atoms with Crippen LogP contribution in [0.15, 0.2) is 54.7 Å². The highest BCUT2D eigenvalue weighted by molar-refractivity contribution is 6.30. The van der Waals surface area contributed by atoms with Crippen LogP contribution < -0.4 is 5.32 Å². The number of rotatable bonds is 2. The zero-order valence-electron chi connectivity index (χ0n) is 12.1. The van der Waals surface area contributed by atoms with Crippen molar-refractivity contribution in [1.82, 2.24) is 4.98 Å². The third-order valence-corrected chi connectivity index (χ3v) is 3.68. The van der Waals surface area contributed by atoms with Crippen molar-refractivity contribution in [2.75, 3.05) is 5.32 Å². The Bertz CT molecular complexity index is 908. The summed E-state index contributed by atoms with van der Waals surface area (Å²) in [5, 5.41) is 3.60. The smallest absolute Gasteiger partial charge is 0.321 e. The van der Waals surface area contributed by atoms with Gasteiger partial charge in [-0.25, -0.2) is 0 Å². The van der Waals surface area contributed by atoms with Gasteiger partial charge in [0, 0.05) is 22.2 Å². The Morgan fingerprint density at radius 3 is 2.42 bits per heavy atom. The molecular weight excluding hydrogens is 341 g/mol. The van der Waals surface area contributed by atoms with Gasteiger partial charge >= 0.3 is 6.18 Å². The van der Waals surface area contributed by atoms with Gasteiger partial charge in [-0.1, -0.05) is 17.7 Å². The van der Waals surface area contributed by atoms with Crippen LogP contribution in [0.3, 0.4) is 0 Å². The van der Waals surface area contributed by atoms with E-state index in [1.165, 1.54) is 18.3 Å². The van der Waals surface area contributed by atoms with Crippen molar-refractivity contribution >= 4 is 34.1 Å². The lowest BCUT2D eigenvalue weighted by molar-refractivity contribution is -0.137. The van der Waals surface area contributed by atoms with E-state index in [0.717, 1.165) is 12.1 Å². The highest BCUT2D eigenvalue weighted by Gasteiger charge is 2.30. The van der Waals surface area contributed by atoms with Crippen molar-refractivity contribution in [3.05, 3.63) is 70.9 Å². The average molecular weight is 351 g/mol. The number of benzene rings is 2. The molecule has 3 rings (SSSR count). The lowest BCUT2D eigenvalue weighted by Crippen LogP contribution is -2.12. The molecule has 0 atom stereocenters. The molecular formula is C17H10ClF3N2O. The number of hydrogen-bond acceptors (Lipinski definition) is 2. The van der Waals surface area contributed by atoms with Gasteiger partial charge in [0.1, 0.15) is 0 Å². The van der Waals surface area contributed by atoms with Gasteiger partial charge in [-0.2, -0.15) is 13.2 Å². The van der Waals surface area contributed by atoms with Crippen LogP contribution >= 0.6 is 11.6 Å². The third kappa shape index (κ3) is 3.33. The molecule has 0 aliphatic carbocycles. The monoisotopic (exact) mass is 350 g/mol. The van der Waals surface area contributed by atoms with Gasteiger partial charge in [0.2, 0.25) is 0 Å². The molecule has 1 heterocycles. The fraction of sp³-hybridized carbons (Fsp3) is 0.0588. The summed E-state index contributed by atoms with van der Waals surface area (Å²) in [4.78, 5) is 16.2. The van der Waals surface area contributed by atoms with Crippen LogP contribution in [0.4, 0.5) is 18.9 Å². The summed E-state index contributed by atoms with van der Waals surface area (Å²) in [6.45, 7) is 0. The summed E-state index contributed by atoms with van der Waals surface area (Å²) in [6, 6.07) is 11.0. The molecule has 0 radical (unpaired) electrons. The molecule has 0 spiro atoms. The number of nitrogens with zero attached hydrogens (tertiary/aromatic N) is 1. The van der Waals surface area contributed by atoms with Gasteiger partial charge in [0.05, 0.1) is 16.8 Å². The molecule has 1 amide bonds. The molecule has 0 aliphatic heterocycles. The van der Waals surface area contributed by atoms with E-state index >= 15 is 0 Å². The second kappa shape index (κ2) is 6.13. The van der Waals surface area contributed by atoms with Crippen LogP contribution in [0.1, 0.15) is 15.9 Å². The van der Waals surface area contributed by atoms with Crippen LogP contribution in [0.25, 0.3) is 10.9 Å². The molecule has 1 N–H and O–H groups in total. The fourth-order valence-corrected chi connectivity index (χ4v) is 2.36. The topological polar surface area (TPSA) is 42.0 Å². The molecule has 1 aromatic heterocycles. The number of fused-ring (bicyclic) bond motifs is 1. The van der Waals surface area contributed by atoms with E-state index in [1.807, 2.05) is 0 Å². The number of nitrogens with one attached hydrogen (secondary N) is 1. The Morgan fingerprint density at radius 2 is 1.75 bits per heavy atom. The molecule has 7 heteroatoms. The fourth-order valence-electron chi connectivity index (χ4n) is 2.23. The molecule has 122 valence electrons. The first-order chi connectivity index (χ1) is 11.3. The number of amides is 1. The van der Waals surface area contributed by atoms with Crippen LogP contribution in [0.2, 0.25) is 5.02 Å². The number of halogens is 4. The van der Waals surface area contributed by atoms with Crippen LogP contribution in [0.5, 0.6) is 0 Å². The summed E-state index contributed by atoms with van der Waals surface area (Å²) in [6.07, 6.45) is -3.10. The number of carbonyl (C=O) groups excluding carboxylic acids is 1. The van der Waals surface area contributed by atoms with Crippen LogP contribution in [-0.4, -0.2) is 10.9 Å². The summed E-state index contributed by atoms with van der Waals surface area (Å²) in [7, 11) is 0. The van der Waals surface area contributed by atoms with E-state index in [0.29, 0.717) is 21.7 Å². The van der Waals surface area contributed by atoms with Gasteiger partial charge in [-0.15, -0.1) is 0 Å². The Morgan fingerprint density at radius 1 is 1.04 bits per heavy atom. The first kappa shape index (κ1) is 16.3. The van der Waals surface area contributed by atoms with Crippen molar-refractivity contribution in [1.29, 1.82) is 0 Å². The minimum Gasteiger partial charge on any atom is -0.321 e. The molecule has 0 bridgehead atoms. The first-order valence-electron chi connectivity index (χ1n) is 6.87. The number of anilines is 1. The Kier molecular flexibility index (Phi) is 4.15. The SMILES string of the molecule is O=C(Nc1ccnc2cc(C(F)(F)F)ccc12)c1ccc(Cl)cc1. The van der Waals surface area contributed by atoms with Gasteiger partial charge < -0.3 is 5.32 Å². The maximum absolute atomic E-state index is 12.8. The molecule has 24 heavy (non-hydrogen) atoms. The highest BCUT2D eigenvalue weighted by Crippen LogP contribution is 2.32. The summed E-state index contributed by atoms with van der Waals surface area (Å²) in [5.74, 6) is -0.390. The Labute approximate surface area is 140 Å². The molecule has 0 saturated heterocycles. The van der Waals surface area contributed by atoms with E-state index in [4.69, 9.17) is 11.6 Å². The maximum atomic E-state index is 12.8. The normalized spacial score (nSPS) is 11.5. The lowest BCUT2D eigenvalue weighted by Gasteiger charge is -2.11. The minimum absolute atomic E-state index is 0.152. The van der Waals surface area contributed by atoms with Gasteiger partial charge in [0.15, 0.2) is 0 Å². The minimum atomic E-state index is -4.45. The molecule has 0 fully saturated rings. The Hall–Kier alpha value is -2.60. The maximum Gasteiger partial charge on any atom is 0.416 e. The van der Waals surface area contributed by atoms with Gasteiger partial charge in [-0.05, 0) is 42.5 Å². The molecule has 2 aromatic carbocycles. The van der Waals surface area contributed by atoms with E-state index in [1.54, 1.807) is 24.3 Å². The van der Waals surface area contributed by atoms with Crippen molar-refractivity contribution in [3.63, 3.8) is 0 Å². The van der Waals surface area contributed by atoms with E-state index in [2.05, 4.69) is 10.3 Å². The first-order valence-corrected chi connectivity index (χ1v) is 7.25. The molecule has 0 saturated carbocycles. The van der Waals surface area contributed by atoms with Gasteiger partial charge in [0.25, 0.3) is 5.91 Å². The van der Waals surface area contributed by atoms with Crippen LogP contribution in [0, 0.1) is 0 Å². The van der Waals surface area contributed by atoms with Crippen molar-refractivity contribution in [2.24, 2.45) is 0 Å². The average Bonchev–Trinajstić information content (AvgIpc) is 2.54. The summed E-state index contributed by atoms with van der Waals surface area (Å²) >= 11 is 5.77. The predicted octanol–water partition coefficient (Wildman–Crippen LogP) is 5.16. The number of hydrogen-bond donors (Lipinski definition) is 1. The third-order valence-electron chi connectivity index (χ3n) is 3.42. The Balaban J connectivity index is 1.95. The number of carbonyl (C=O) groups is 1. The second-order valence-corrected chi connectivity index (χ2v) is 5.49. The molecule has 0 aliphatic rings. The predicted molar refractivity (Wildman–Crippen MR) is 86.2 cm³/mol. The van der Waals surface area contributed by atoms with Crippen molar-refractivity contribution < 1.29 is 18.0 Å². The van der Waals surface area contributed by atoms with Crippen molar-refractivity contribution in [3.8, 4) is 0 Å². The molecule has 3 nitrogen and oxygen atoms in total. The lowest BCUT2D eigenvalue weighted by atomic mass is 10.1. The summed E-state index contributed by atoms with van der Waals surface area (Å²) < 4.78 is 38.3. The molecule has 0 unspecified atom stereocenters. The highest BCUT2D eigenvalue weighted by atomic mass is 35.5. The van der Waals surface area contributed by atoms with E-state index in [9.17, 15) is 18.0 Å². The zero-order chi connectivity index (χ0) is 17.3. The quantitative estimate of drug-likeness (QED) is 0.693. The van der Waals surface area contributed by atoms with Crippen LogP contribution in [-0.2, 0) is 6.18 Å². The standard InChI is InChI=1S/C17H10ClF3N2O/c18-12-4-1-10(2-5-12)16(24)23-14-7-8-22-15-9-11(17(19,20)21)3-6-13(14)15/h1-9H,(H,22,23,24). The number of aromatic nitrogens is 1. The van der Waals surface area contributed by atoms with E-state index in [-0.39, 0.29) is 11.4 Å². The molecule has 3 aromatic rings. The van der Waals surface area contributed by atoms with Crippen molar-refractivity contribution in [2.45, 2.75) is 6.18 Å². The number of pyridine rings is 1. The second-order valence-electron chi connectivity index (χ2n) is 5.05. The number of alkyl halides is 3. The van der Waals surface area contributed by atoms with Gasteiger partial charge in [-0.3, -0.25) is 9.78 Å². The summed E-state index contributed by atoms with van der Waals surface area (Å²) in [5.41, 5.74) is 0.132.